The summed E-state index contributed by atoms with van der Waals surface area (Å²) in [6.45, 7) is 4.99. The van der Waals surface area contributed by atoms with Gasteiger partial charge in [-0.25, -0.2) is 4.98 Å². The number of carbonyl (C=O) groups excluding carboxylic acids is 1. The topological polar surface area (TPSA) is 94.5 Å². The van der Waals surface area contributed by atoms with Crippen LogP contribution in [-0.2, 0) is 0 Å². The number of likely N-dealkylation sites (tertiary alicyclic amines) is 1. The van der Waals surface area contributed by atoms with Gasteiger partial charge in [-0.2, -0.15) is 0 Å². The van der Waals surface area contributed by atoms with Crippen LogP contribution in [0.5, 0.6) is 0 Å². The number of anilines is 2. The van der Waals surface area contributed by atoms with Gasteiger partial charge in [0.25, 0.3) is 5.91 Å². The Balaban J connectivity index is 1.29. The molecule has 8 nitrogen and oxygen atoms in total. The second-order valence-corrected chi connectivity index (χ2v) is 8.53. The number of hydrogen-bond donors (Lipinski definition) is 3. The molecule has 0 radical (unpaired) electrons. The number of benzene rings is 1. The predicted molar refractivity (Wildman–Crippen MR) is 134 cm³/mol. The van der Waals surface area contributed by atoms with Crippen molar-refractivity contribution in [1.29, 1.82) is 0 Å². The van der Waals surface area contributed by atoms with Gasteiger partial charge in [0.15, 0.2) is 5.65 Å². The zero-order valence-electron chi connectivity index (χ0n) is 19.1. The summed E-state index contributed by atoms with van der Waals surface area (Å²) in [4.78, 5) is 33.9. The molecule has 1 aromatic carbocycles. The van der Waals surface area contributed by atoms with E-state index in [1.165, 1.54) is 6.42 Å². The lowest BCUT2D eigenvalue weighted by molar-refractivity contribution is 0.0941. The van der Waals surface area contributed by atoms with Crippen LogP contribution in [-0.4, -0.2) is 50.9 Å². The molecule has 0 saturated carbocycles. The molecule has 4 heterocycles. The lowest BCUT2D eigenvalue weighted by Crippen LogP contribution is -2.40. The molecule has 1 saturated heterocycles. The Bertz CT molecular complexity index is 1360. The highest BCUT2D eigenvalue weighted by Gasteiger charge is 2.23. The van der Waals surface area contributed by atoms with Crippen LogP contribution in [0.2, 0.25) is 0 Å². The molecule has 5 rings (SSSR count). The molecule has 0 spiro atoms. The van der Waals surface area contributed by atoms with Gasteiger partial charge in [0, 0.05) is 54.1 Å². The minimum absolute atomic E-state index is 0.0487. The summed E-state index contributed by atoms with van der Waals surface area (Å²) in [7, 11) is 0. The van der Waals surface area contributed by atoms with E-state index in [4.69, 9.17) is 0 Å². The van der Waals surface area contributed by atoms with Gasteiger partial charge in [0.2, 0.25) is 5.56 Å². The van der Waals surface area contributed by atoms with Crippen molar-refractivity contribution in [3.05, 3.63) is 83.0 Å². The van der Waals surface area contributed by atoms with E-state index in [1.54, 1.807) is 18.5 Å². The van der Waals surface area contributed by atoms with Gasteiger partial charge in [-0.15, -0.1) is 0 Å². The molecule has 0 aliphatic carbocycles. The quantitative estimate of drug-likeness (QED) is 0.395. The maximum atomic E-state index is 12.6. The Morgan fingerprint density at radius 1 is 1.18 bits per heavy atom. The van der Waals surface area contributed by atoms with Crippen molar-refractivity contribution in [2.45, 2.75) is 25.8 Å². The highest BCUT2D eigenvalue weighted by atomic mass is 16.1. The number of nitrogens with one attached hydrogen (secondary N) is 3. The Kier molecular flexibility index (Phi) is 6.14. The molecule has 1 aliphatic rings. The maximum Gasteiger partial charge on any atom is 0.251 e. The number of likely N-dealkylation sites (N-methyl/N-ethyl adjacent to an activating group) is 1. The Hall–Kier alpha value is -3.91. The molecule has 174 valence electrons. The number of amides is 1. The van der Waals surface area contributed by atoms with Crippen LogP contribution >= 0.6 is 0 Å². The number of aromatic amines is 1. The molecule has 1 amide bonds. The zero-order chi connectivity index (χ0) is 23.5. The van der Waals surface area contributed by atoms with Crippen molar-refractivity contribution in [2.24, 2.45) is 0 Å². The van der Waals surface area contributed by atoms with Gasteiger partial charge >= 0.3 is 0 Å². The van der Waals surface area contributed by atoms with Crippen LogP contribution < -0.4 is 16.2 Å². The van der Waals surface area contributed by atoms with Crippen molar-refractivity contribution in [1.82, 2.24) is 24.6 Å². The molecule has 0 bridgehead atoms. The monoisotopic (exact) mass is 456 g/mol. The number of nitrogens with zero attached hydrogens (tertiary/aromatic N) is 3. The average Bonchev–Trinajstić information content (AvgIpc) is 3.53. The molecular formula is C26H28N6O2. The minimum Gasteiger partial charge on any atom is -0.352 e. The Labute approximate surface area is 197 Å². The van der Waals surface area contributed by atoms with Crippen molar-refractivity contribution >= 4 is 22.9 Å². The predicted octanol–water partition coefficient (Wildman–Crippen LogP) is 3.65. The normalized spacial score (nSPS) is 16.1. The Morgan fingerprint density at radius 3 is 2.82 bits per heavy atom. The molecule has 1 fully saturated rings. The minimum atomic E-state index is -0.150. The molecule has 3 aromatic heterocycles. The molecular weight excluding hydrogens is 428 g/mol. The van der Waals surface area contributed by atoms with Crippen molar-refractivity contribution in [3.8, 4) is 11.3 Å². The number of rotatable bonds is 7. The number of hydrogen-bond acceptors (Lipinski definition) is 5. The fourth-order valence-electron chi connectivity index (χ4n) is 4.67. The van der Waals surface area contributed by atoms with Crippen LogP contribution in [0.1, 0.15) is 30.1 Å². The molecule has 34 heavy (non-hydrogen) atoms. The molecule has 1 aliphatic heterocycles. The first-order valence-electron chi connectivity index (χ1n) is 11.7. The number of imidazole rings is 1. The van der Waals surface area contributed by atoms with E-state index in [0.29, 0.717) is 18.2 Å². The lowest BCUT2D eigenvalue weighted by atomic mass is 10.1. The smallest absolute Gasteiger partial charge is 0.251 e. The summed E-state index contributed by atoms with van der Waals surface area (Å²) in [6, 6.07) is 15.2. The highest BCUT2D eigenvalue weighted by molar-refractivity contribution is 5.94. The first-order valence-corrected chi connectivity index (χ1v) is 11.7. The van der Waals surface area contributed by atoms with Gasteiger partial charge in [-0.3, -0.25) is 18.9 Å². The van der Waals surface area contributed by atoms with E-state index in [1.807, 2.05) is 53.1 Å². The van der Waals surface area contributed by atoms with Gasteiger partial charge in [-0.1, -0.05) is 6.92 Å². The van der Waals surface area contributed by atoms with Gasteiger partial charge < -0.3 is 15.6 Å². The van der Waals surface area contributed by atoms with Gasteiger partial charge in [0.1, 0.15) is 0 Å². The first kappa shape index (κ1) is 21.9. The number of carbonyl (C=O) groups is 1. The number of H-pyrrole nitrogens is 1. The second kappa shape index (κ2) is 9.52. The van der Waals surface area contributed by atoms with E-state index in [2.05, 4.69) is 32.4 Å². The molecule has 3 N–H and O–H groups in total. The van der Waals surface area contributed by atoms with E-state index in [-0.39, 0.29) is 11.5 Å². The third-order valence-electron chi connectivity index (χ3n) is 6.45. The van der Waals surface area contributed by atoms with Crippen LogP contribution in [0, 0.1) is 0 Å². The fraction of sp³-hybridized carbons (Fsp3) is 0.269. The summed E-state index contributed by atoms with van der Waals surface area (Å²) >= 11 is 0. The van der Waals surface area contributed by atoms with Crippen LogP contribution in [0.25, 0.3) is 16.9 Å². The van der Waals surface area contributed by atoms with Crippen molar-refractivity contribution < 1.29 is 4.79 Å². The maximum absolute atomic E-state index is 12.6. The van der Waals surface area contributed by atoms with Crippen molar-refractivity contribution in [2.75, 3.05) is 25.0 Å². The molecule has 4 aromatic rings. The van der Waals surface area contributed by atoms with Gasteiger partial charge in [-0.05, 0) is 68.4 Å². The third kappa shape index (κ3) is 4.45. The summed E-state index contributed by atoms with van der Waals surface area (Å²) in [5, 5.41) is 6.47. The fourth-order valence-corrected chi connectivity index (χ4v) is 4.67. The van der Waals surface area contributed by atoms with Gasteiger partial charge in [0.05, 0.1) is 11.4 Å². The number of pyridine rings is 2. The number of aromatic nitrogens is 3. The summed E-state index contributed by atoms with van der Waals surface area (Å²) in [5.74, 6) is -0.0487. The second-order valence-electron chi connectivity index (χ2n) is 8.53. The summed E-state index contributed by atoms with van der Waals surface area (Å²) in [6.07, 6.45) is 7.57. The Morgan fingerprint density at radius 2 is 2.03 bits per heavy atom. The molecule has 8 heteroatoms. The standard InChI is InChI=1S/C26H28N6O2/c1-2-31-14-3-4-21(31)17-29-26(34)18-5-7-20(8-6-18)30-22-9-10-23(32-15-13-28-25(22)32)19-11-12-27-24(33)16-19/h5-13,15-16,21,30H,2-4,14,17H2,1H3,(H,27,33)(H,29,34). The lowest BCUT2D eigenvalue weighted by Gasteiger charge is -2.22. The van der Waals surface area contributed by atoms with E-state index < -0.39 is 0 Å². The summed E-state index contributed by atoms with van der Waals surface area (Å²) in [5.41, 5.74) is 4.62. The first-order chi connectivity index (χ1) is 16.6. The number of fused-ring (bicyclic) bond motifs is 1. The average molecular weight is 457 g/mol. The van der Waals surface area contributed by atoms with Crippen LogP contribution in [0.4, 0.5) is 11.4 Å². The van der Waals surface area contributed by atoms with Crippen LogP contribution in [0.15, 0.2) is 71.9 Å². The highest BCUT2D eigenvalue weighted by Crippen LogP contribution is 2.27. The molecule has 1 atom stereocenters. The molecule has 1 unspecified atom stereocenters. The zero-order valence-corrected chi connectivity index (χ0v) is 19.1. The van der Waals surface area contributed by atoms with E-state index in [0.717, 1.165) is 47.8 Å². The largest absolute Gasteiger partial charge is 0.352 e. The SMILES string of the molecule is CCN1CCCC1CNC(=O)c1ccc(Nc2ccc(-c3cc[nH]c(=O)c3)n3ccnc23)cc1. The third-order valence-corrected chi connectivity index (χ3v) is 6.45. The van der Waals surface area contributed by atoms with Crippen LogP contribution in [0.3, 0.4) is 0 Å². The summed E-state index contributed by atoms with van der Waals surface area (Å²) < 4.78 is 1.95. The van der Waals surface area contributed by atoms with E-state index in [9.17, 15) is 9.59 Å². The van der Waals surface area contributed by atoms with Crippen molar-refractivity contribution in [3.63, 3.8) is 0 Å². The van der Waals surface area contributed by atoms with E-state index >= 15 is 0 Å².